The van der Waals surface area contributed by atoms with E-state index in [4.69, 9.17) is 16.3 Å². The molecule has 0 atom stereocenters. The highest BCUT2D eigenvalue weighted by molar-refractivity contribution is 9.10. The summed E-state index contributed by atoms with van der Waals surface area (Å²) in [5.74, 6) is 1.72. The molecule has 0 unspecified atom stereocenters. The van der Waals surface area contributed by atoms with Crippen molar-refractivity contribution < 1.29 is 4.74 Å². The van der Waals surface area contributed by atoms with Gasteiger partial charge in [-0.3, -0.25) is 0 Å². The Morgan fingerprint density at radius 2 is 1.94 bits per heavy atom. The topological polar surface area (TPSA) is 35.0 Å². The molecule has 17 heavy (non-hydrogen) atoms. The molecule has 5 heteroatoms. The number of hydrogen-bond acceptors (Lipinski definition) is 3. The zero-order valence-corrected chi connectivity index (χ0v) is 11.7. The van der Waals surface area contributed by atoms with E-state index in [9.17, 15) is 0 Å². The standard InChI is InChI=1S/C12H10BrClN2O/c1-7-3-4-10(9(13)5-7)17-12-6-11(14)15-8(2)16-12/h3-6H,1-2H3. The lowest BCUT2D eigenvalue weighted by molar-refractivity contribution is 0.457. The molecule has 0 aliphatic rings. The molecule has 0 radical (unpaired) electrons. The first-order valence-corrected chi connectivity index (χ1v) is 6.17. The summed E-state index contributed by atoms with van der Waals surface area (Å²) in [6, 6.07) is 7.41. The van der Waals surface area contributed by atoms with E-state index in [-0.39, 0.29) is 0 Å². The van der Waals surface area contributed by atoms with Gasteiger partial charge in [-0.05, 0) is 47.5 Å². The van der Waals surface area contributed by atoms with Crippen molar-refractivity contribution in [3.05, 3.63) is 45.3 Å². The molecule has 0 spiro atoms. The molecule has 0 N–H and O–H groups in total. The van der Waals surface area contributed by atoms with Crippen molar-refractivity contribution >= 4 is 27.5 Å². The molecule has 1 aromatic carbocycles. The molecule has 88 valence electrons. The molecule has 0 bridgehead atoms. The van der Waals surface area contributed by atoms with Crippen molar-refractivity contribution in [2.75, 3.05) is 0 Å². The summed E-state index contributed by atoms with van der Waals surface area (Å²) in [6.45, 7) is 3.78. The van der Waals surface area contributed by atoms with Crippen LogP contribution in [-0.4, -0.2) is 9.97 Å². The minimum atomic E-state index is 0.371. The third-order valence-corrected chi connectivity index (χ3v) is 2.90. The molecular formula is C12H10BrClN2O. The average molecular weight is 314 g/mol. The van der Waals surface area contributed by atoms with Crippen molar-refractivity contribution in [3.63, 3.8) is 0 Å². The third kappa shape index (κ3) is 3.17. The molecule has 0 fully saturated rings. The Morgan fingerprint density at radius 1 is 1.18 bits per heavy atom. The number of halogens is 2. The Balaban J connectivity index is 2.31. The zero-order chi connectivity index (χ0) is 12.4. The molecule has 1 heterocycles. The molecule has 0 aliphatic heterocycles. The monoisotopic (exact) mass is 312 g/mol. The van der Waals surface area contributed by atoms with Crippen molar-refractivity contribution in [1.82, 2.24) is 9.97 Å². The first-order valence-electron chi connectivity index (χ1n) is 5.00. The highest BCUT2D eigenvalue weighted by Gasteiger charge is 2.06. The van der Waals surface area contributed by atoms with Gasteiger partial charge in [-0.25, -0.2) is 4.98 Å². The van der Waals surface area contributed by atoms with Crippen LogP contribution in [0.2, 0.25) is 5.15 Å². The van der Waals surface area contributed by atoms with Gasteiger partial charge in [0.2, 0.25) is 5.88 Å². The van der Waals surface area contributed by atoms with E-state index in [1.165, 1.54) is 0 Å². The molecule has 0 aliphatic carbocycles. The van der Waals surface area contributed by atoms with Crippen LogP contribution in [0.3, 0.4) is 0 Å². The lowest BCUT2D eigenvalue weighted by Gasteiger charge is -2.08. The van der Waals surface area contributed by atoms with Crippen LogP contribution in [0.25, 0.3) is 0 Å². The van der Waals surface area contributed by atoms with Gasteiger partial charge in [-0.15, -0.1) is 0 Å². The quantitative estimate of drug-likeness (QED) is 0.775. The number of aryl methyl sites for hydroxylation is 2. The second kappa shape index (κ2) is 5.02. The molecule has 2 rings (SSSR count). The SMILES string of the molecule is Cc1ccc(Oc2cc(Cl)nc(C)n2)c(Br)c1. The van der Waals surface area contributed by atoms with E-state index in [1.54, 1.807) is 13.0 Å². The fourth-order valence-corrected chi connectivity index (χ4v) is 2.15. The van der Waals surface area contributed by atoms with Gasteiger partial charge in [0.15, 0.2) is 0 Å². The van der Waals surface area contributed by atoms with Gasteiger partial charge in [0.05, 0.1) is 4.47 Å². The van der Waals surface area contributed by atoms with E-state index in [2.05, 4.69) is 25.9 Å². The van der Waals surface area contributed by atoms with Gasteiger partial charge in [0, 0.05) is 6.07 Å². The van der Waals surface area contributed by atoms with E-state index in [0.29, 0.717) is 22.6 Å². The second-order valence-electron chi connectivity index (χ2n) is 3.61. The van der Waals surface area contributed by atoms with Crippen LogP contribution in [0.1, 0.15) is 11.4 Å². The fraction of sp³-hybridized carbons (Fsp3) is 0.167. The summed E-state index contributed by atoms with van der Waals surface area (Å²) in [5.41, 5.74) is 1.15. The summed E-state index contributed by atoms with van der Waals surface area (Å²) in [5, 5.41) is 0.371. The predicted octanol–water partition coefficient (Wildman–Crippen LogP) is 4.30. The maximum absolute atomic E-state index is 5.84. The summed E-state index contributed by atoms with van der Waals surface area (Å²) in [6.07, 6.45) is 0. The highest BCUT2D eigenvalue weighted by Crippen LogP contribution is 2.30. The van der Waals surface area contributed by atoms with Gasteiger partial charge in [0.1, 0.15) is 16.7 Å². The number of aromatic nitrogens is 2. The summed E-state index contributed by atoms with van der Waals surface area (Å²) in [7, 11) is 0. The molecule has 0 saturated heterocycles. The highest BCUT2D eigenvalue weighted by atomic mass is 79.9. The minimum Gasteiger partial charge on any atom is -0.438 e. The van der Waals surface area contributed by atoms with Gasteiger partial charge >= 0.3 is 0 Å². The fourth-order valence-electron chi connectivity index (χ4n) is 1.36. The number of benzene rings is 1. The Kier molecular flexibility index (Phi) is 3.64. The van der Waals surface area contributed by atoms with Crippen LogP contribution in [-0.2, 0) is 0 Å². The first kappa shape index (κ1) is 12.3. The summed E-state index contributed by atoms with van der Waals surface area (Å²) >= 11 is 9.28. The number of hydrogen-bond donors (Lipinski definition) is 0. The minimum absolute atomic E-state index is 0.371. The van der Waals surface area contributed by atoms with Crippen LogP contribution >= 0.6 is 27.5 Å². The number of nitrogens with zero attached hydrogens (tertiary/aromatic N) is 2. The Labute approximate surface area is 113 Å². The van der Waals surface area contributed by atoms with Crippen LogP contribution in [0.4, 0.5) is 0 Å². The van der Waals surface area contributed by atoms with Gasteiger partial charge in [0.25, 0.3) is 0 Å². The normalized spacial score (nSPS) is 10.4. The lowest BCUT2D eigenvalue weighted by atomic mass is 10.2. The van der Waals surface area contributed by atoms with E-state index < -0.39 is 0 Å². The Bertz CT molecular complexity index is 540. The molecule has 2 aromatic rings. The number of rotatable bonds is 2. The van der Waals surface area contributed by atoms with E-state index >= 15 is 0 Å². The van der Waals surface area contributed by atoms with Gasteiger partial charge in [-0.2, -0.15) is 4.98 Å². The Hall–Kier alpha value is -1.13. The van der Waals surface area contributed by atoms with Crippen LogP contribution in [0, 0.1) is 13.8 Å². The smallest absolute Gasteiger partial charge is 0.224 e. The third-order valence-electron chi connectivity index (χ3n) is 2.09. The first-order chi connectivity index (χ1) is 8.04. The maximum atomic E-state index is 5.84. The average Bonchev–Trinajstić information content (AvgIpc) is 2.21. The molecule has 0 amide bonds. The predicted molar refractivity (Wildman–Crippen MR) is 70.7 cm³/mol. The van der Waals surface area contributed by atoms with Crippen molar-refractivity contribution in [1.29, 1.82) is 0 Å². The van der Waals surface area contributed by atoms with Crippen molar-refractivity contribution in [2.24, 2.45) is 0 Å². The van der Waals surface area contributed by atoms with E-state index in [0.717, 1.165) is 10.0 Å². The molecule has 1 aromatic heterocycles. The van der Waals surface area contributed by atoms with Crippen molar-refractivity contribution in [2.45, 2.75) is 13.8 Å². The summed E-state index contributed by atoms with van der Waals surface area (Å²) < 4.78 is 6.52. The number of ether oxygens (including phenoxy) is 1. The molecule has 3 nitrogen and oxygen atoms in total. The lowest BCUT2D eigenvalue weighted by Crippen LogP contribution is -1.93. The van der Waals surface area contributed by atoms with E-state index in [1.807, 2.05) is 25.1 Å². The van der Waals surface area contributed by atoms with Crippen LogP contribution in [0.15, 0.2) is 28.7 Å². The van der Waals surface area contributed by atoms with Gasteiger partial charge < -0.3 is 4.74 Å². The largest absolute Gasteiger partial charge is 0.438 e. The second-order valence-corrected chi connectivity index (χ2v) is 4.85. The van der Waals surface area contributed by atoms with Crippen molar-refractivity contribution in [3.8, 4) is 11.6 Å². The molecule has 0 saturated carbocycles. The maximum Gasteiger partial charge on any atom is 0.224 e. The molecular weight excluding hydrogens is 304 g/mol. The van der Waals surface area contributed by atoms with Gasteiger partial charge in [-0.1, -0.05) is 17.7 Å². The Morgan fingerprint density at radius 3 is 2.59 bits per heavy atom. The summed E-state index contributed by atoms with van der Waals surface area (Å²) in [4.78, 5) is 8.13. The van der Waals surface area contributed by atoms with Crippen LogP contribution < -0.4 is 4.74 Å². The van der Waals surface area contributed by atoms with Crippen LogP contribution in [0.5, 0.6) is 11.6 Å². The zero-order valence-electron chi connectivity index (χ0n) is 9.37.